The lowest BCUT2D eigenvalue weighted by Crippen LogP contribution is -2.31. The Kier molecular flexibility index (Phi) is 6.38. The first-order chi connectivity index (χ1) is 15.2. The quantitative estimate of drug-likeness (QED) is 0.411. The molecule has 10 nitrogen and oxygen atoms in total. The van der Waals surface area contributed by atoms with Crippen LogP contribution in [-0.4, -0.2) is 40.0 Å². The number of hydrogen-bond donors (Lipinski definition) is 2. The highest BCUT2D eigenvalue weighted by molar-refractivity contribution is 6.04. The van der Waals surface area contributed by atoms with Crippen LogP contribution in [0.5, 0.6) is 0 Å². The standard InChI is InChI=1S/C21H17FN4O6/c1-11(27)24-12-6-7-15(16(22)8-12)17(28)10-32-18(29)9-26-21(31)14-5-3-2-4-13(14)19(25-26)20(23)30/h2-8H,9-10H2,1H3,(H2,23,30)(H,24,27). The first kappa shape index (κ1) is 22.3. The summed E-state index contributed by atoms with van der Waals surface area (Å²) in [4.78, 5) is 59.6. The minimum Gasteiger partial charge on any atom is -0.456 e. The van der Waals surface area contributed by atoms with Crippen molar-refractivity contribution in [3.8, 4) is 0 Å². The van der Waals surface area contributed by atoms with Gasteiger partial charge in [-0.15, -0.1) is 0 Å². The Hall–Kier alpha value is -4.41. The topological polar surface area (TPSA) is 150 Å². The van der Waals surface area contributed by atoms with E-state index in [9.17, 15) is 28.4 Å². The van der Waals surface area contributed by atoms with Crippen molar-refractivity contribution in [1.29, 1.82) is 0 Å². The number of fused-ring (bicyclic) bond motifs is 1. The Bertz CT molecular complexity index is 1320. The summed E-state index contributed by atoms with van der Waals surface area (Å²) in [6.07, 6.45) is 0. The fourth-order valence-corrected chi connectivity index (χ4v) is 2.94. The molecule has 32 heavy (non-hydrogen) atoms. The van der Waals surface area contributed by atoms with E-state index in [-0.39, 0.29) is 27.7 Å². The average Bonchev–Trinajstić information content (AvgIpc) is 2.73. The van der Waals surface area contributed by atoms with E-state index in [1.165, 1.54) is 25.1 Å². The average molecular weight is 440 g/mol. The van der Waals surface area contributed by atoms with E-state index >= 15 is 0 Å². The van der Waals surface area contributed by atoms with Gasteiger partial charge in [0.25, 0.3) is 11.5 Å². The molecule has 1 heterocycles. The van der Waals surface area contributed by atoms with Crippen LogP contribution in [0.4, 0.5) is 10.1 Å². The molecule has 164 valence electrons. The second kappa shape index (κ2) is 9.16. The maximum absolute atomic E-state index is 14.1. The van der Waals surface area contributed by atoms with Crippen molar-refractivity contribution in [2.24, 2.45) is 5.73 Å². The van der Waals surface area contributed by atoms with Crippen LogP contribution in [0.2, 0.25) is 0 Å². The van der Waals surface area contributed by atoms with E-state index in [4.69, 9.17) is 10.5 Å². The SMILES string of the molecule is CC(=O)Nc1ccc(C(=O)COC(=O)Cn2nc(C(N)=O)c3ccccc3c2=O)c(F)c1. The number of rotatable bonds is 7. The number of anilines is 1. The fraction of sp³-hybridized carbons (Fsp3) is 0.143. The first-order valence-electron chi connectivity index (χ1n) is 9.23. The molecule has 0 spiro atoms. The zero-order chi connectivity index (χ0) is 23.4. The molecule has 0 fully saturated rings. The number of halogens is 1. The van der Waals surface area contributed by atoms with Gasteiger partial charge in [0.1, 0.15) is 12.4 Å². The molecular weight excluding hydrogens is 423 g/mol. The van der Waals surface area contributed by atoms with E-state index in [1.54, 1.807) is 12.1 Å². The van der Waals surface area contributed by atoms with Gasteiger partial charge in [-0.1, -0.05) is 18.2 Å². The second-order valence-corrected chi connectivity index (χ2v) is 6.68. The van der Waals surface area contributed by atoms with Crippen LogP contribution in [0.25, 0.3) is 10.8 Å². The lowest BCUT2D eigenvalue weighted by molar-refractivity contribution is -0.143. The summed E-state index contributed by atoms with van der Waals surface area (Å²) in [5.41, 5.74) is 4.26. The zero-order valence-corrected chi connectivity index (χ0v) is 16.8. The number of benzene rings is 2. The molecule has 0 atom stereocenters. The number of ether oxygens (including phenoxy) is 1. The van der Waals surface area contributed by atoms with Gasteiger partial charge in [-0.3, -0.25) is 24.0 Å². The molecule has 2 aromatic carbocycles. The van der Waals surface area contributed by atoms with Crippen molar-refractivity contribution in [2.45, 2.75) is 13.5 Å². The molecule has 0 unspecified atom stereocenters. The number of Topliss-reactive ketones (excluding diaryl/α,β-unsaturated/α-hetero) is 1. The Balaban J connectivity index is 1.73. The molecule has 2 amide bonds. The van der Waals surface area contributed by atoms with Crippen LogP contribution in [0.1, 0.15) is 27.8 Å². The van der Waals surface area contributed by atoms with Gasteiger partial charge in [0.15, 0.2) is 12.3 Å². The van der Waals surface area contributed by atoms with Gasteiger partial charge in [0.2, 0.25) is 11.7 Å². The van der Waals surface area contributed by atoms with Crippen LogP contribution < -0.4 is 16.6 Å². The van der Waals surface area contributed by atoms with E-state index < -0.39 is 48.1 Å². The number of nitrogens with zero attached hydrogens (tertiary/aromatic N) is 2. The number of nitrogens with one attached hydrogen (secondary N) is 1. The van der Waals surface area contributed by atoms with Crippen LogP contribution in [0.15, 0.2) is 47.3 Å². The molecule has 3 rings (SSSR count). The number of amides is 2. The lowest BCUT2D eigenvalue weighted by Gasteiger charge is -2.10. The van der Waals surface area contributed by atoms with Crippen LogP contribution >= 0.6 is 0 Å². The summed E-state index contributed by atoms with van der Waals surface area (Å²) in [6.45, 7) is -0.236. The third kappa shape index (κ3) is 4.83. The molecular formula is C21H17FN4O6. The molecule has 0 saturated carbocycles. The zero-order valence-electron chi connectivity index (χ0n) is 16.8. The number of carbonyl (C=O) groups is 4. The predicted molar refractivity (Wildman–Crippen MR) is 111 cm³/mol. The molecule has 3 aromatic rings. The van der Waals surface area contributed by atoms with Gasteiger partial charge in [0.05, 0.1) is 10.9 Å². The minimum absolute atomic E-state index is 0.126. The Morgan fingerprint density at radius 3 is 2.44 bits per heavy atom. The molecule has 0 radical (unpaired) electrons. The summed E-state index contributed by atoms with van der Waals surface area (Å²) in [5.74, 6) is -4.04. The van der Waals surface area contributed by atoms with E-state index in [2.05, 4.69) is 10.4 Å². The highest BCUT2D eigenvalue weighted by Gasteiger charge is 2.18. The summed E-state index contributed by atoms with van der Waals surface area (Å²) in [7, 11) is 0. The van der Waals surface area contributed by atoms with Crippen molar-refractivity contribution in [1.82, 2.24) is 9.78 Å². The molecule has 0 saturated heterocycles. The van der Waals surface area contributed by atoms with Crippen LogP contribution in [0, 0.1) is 5.82 Å². The first-order valence-corrected chi connectivity index (χ1v) is 9.23. The normalized spacial score (nSPS) is 10.6. The van der Waals surface area contributed by atoms with Gasteiger partial charge in [-0.2, -0.15) is 5.10 Å². The number of ketones is 1. The number of esters is 1. The van der Waals surface area contributed by atoms with Crippen molar-refractivity contribution < 1.29 is 28.3 Å². The molecule has 3 N–H and O–H groups in total. The monoisotopic (exact) mass is 440 g/mol. The smallest absolute Gasteiger partial charge is 0.328 e. The maximum Gasteiger partial charge on any atom is 0.328 e. The second-order valence-electron chi connectivity index (χ2n) is 6.68. The van der Waals surface area contributed by atoms with Crippen molar-refractivity contribution in [3.63, 3.8) is 0 Å². The predicted octanol–water partition coefficient (Wildman–Crippen LogP) is 1.02. The lowest BCUT2D eigenvalue weighted by atomic mass is 10.1. The third-order valence-corrected chi connectivity index (χ3v) is 4.33. The van der Waals surface area contributed by atoms with E-state index in [0.29, 0.717) is 4.68 Å². The van der Waals surface area contributed by atoms with Crippen LogP contribution in [0.3, 0.4) is 0 Å². The van der Waals surface area contributed by atoms with Crippen molar-refractivity contribution >= 4 is 40.0 Å². The number of hydrogen-bond acceptors (Lipinski definition) is 7. The Morgan fingerprint density at radius 1 is 1.12 bits per heavy atom. The van der Waals surface area contributed by atoms with Gasteiger partial charge >= 0.3 is 5.97 Å². The highest BCUT2D eigenvalue weighted by Crippen LogP contribution is 2.16. The number of aromatic nitrogens is 2. The van der Waals surface area contributed by atoms with Gasteiger partial charge in [-0.05, 0) is 24.3 Å². The summed E-state index contributed by atoms with van der Waals surface area (Å²) < 4.78 is 19.7. The maximum atomic E-state index is 14.1. The van der Waals surface area contributed by atoms with E-state index in [1.807, 2.05) is 0 Å². The van der Waals surface area contributed by atoms with E-state index in [0.717, 1.165) is 12.1 Å². The van der Waals surface area contributed by atoms with Crippen molar-refractivity contribution in [3.05, 3.63) is 69.9 Å². The molecule has 0 aliphatic rings. The molecule has 0 aliphatic heterocycles. The molecule has 0 bridgehead atoms. The minimum atomic E-state index is -1.01. The van der Waals surface area contributed by atoms with Gasteiger partial charge in [0, 0.05) is 18.0 Å². The largest absolute Gasteiger partial charge is 0.456 e. The molecule has 0 aliphatic carbocycles. The molecule has 11 heteroatoms. The summed E-state index contributed by atoms with van der Waals surface area (Å²) in [6, 6.07) is 9.54. The van der Waals surface area contributed by atoms with Crippen molar-refractivity contribution in [2.75, 3.05) is 11.9 Å². The van der Waals surface area contributed by atoms with Gasteiger partial charge in [-0.25, -0.2) is 9.07 Å². The Morgan fingerprint density at radius 2 is 1.81 bits per heavy atom. The molecule has 1 aromatic heterocycles. The number of carbonyl (C=O) groups excluding carboxylic acids is 4. The highest BCUT2D eigenvalue weighted by atomic mass is 19.1. The fourth-order valence-electron chi connectivity index (χ4n) is 2.94. The van der Waals surface area contributed by atoms with Crippen LogP contribution in [-0.2, 0) is 20.9 Å². The number of primary amides is 1. The number of nitrogens with two attached hydrogens (primary N) is 1. The summed E-state index contributed by atoms with van der Waals surface area (Å²) in [5, 5.41) is 6.56. The third-order valence-electron chi connectivity index (χ3n) is 4.33. The Labute approximate surface area is 179 Å². The van der Waals surface area contributed by atoms with Gasteiger partial charge < -0.3 is 15.8 Å². The summed E-state index contributed by atoms with van der Waals surface area (Å²) >= 11 is 0.